The lowest BCUT2D eigenvalue weighted by atomic mass is 10.2. The van der Waals surface area contributed by atoms with Gasteiger partial charge in [0.2, 0.25) is 10.0 Å². The maximum absolute atomic E-state index is 10.7. The third-order valence-electron chi connectivity index (χ3n) is 2.24. The van der Waals surface area contributed by atoms with Crippen LogP contribution in [0.2, 0.25) is 0 Å². The molecule has 0 atom stereocenters. The predicted molar refractivity (Wildman–Crippen MR) is 66.4 cm³/mol. The van der Waals surface area contributed by atoms with E-state index < -0.39 is 10.0 Å². The molecule has 0 saturated heterocycles. The van der Waals surface area contributed by atoms with Crippen LogP contribution in [0, 0.1) is 6.92 Å². The van der Waals surface area contributed by atoms with Crippen LogP contribution < -0.4 is 9.88 Å². The molecule has 0 unspecified atom stereocenters. The van der Waals surface area contributed by atoms with Crippen molar-refractivity contribution in [1.29, 1.82) is 0 Å². The number of nitrogens with two attached hydrogens (primary N) is 1. The van der Waals surface area contributed by atoms with E-state index in [4.69, 9.17) is 9.88 Å². The molecule has 0 amide bonds. The Bertz CT molecular complexity index is 472. The zero-order valence-corrected chi connectivity index (χ0v) is 11.0. The van der Waals surface area contributed by atoms with Crippen LogP contribution in [0.25, 0.3) is 0 Å². The SMILES string of the molecule is CCc1nc(C)ccc1OCCCS(N)(=O)=O. The second-order valence-corrected chi connectivity index (χ2v) is 5.55. The molecule has 0 fully saturated rings. The monoisotopic (exact) mass is 258 g/mol. The van der Waals surface area contributed by atoms with E-state index in [1.54, 1.807) is 0 Å². The van der Waals surface area contributed by atoms with Crippen LogP contribution in [0.15, 0.2) is 12.1 Å². The van der Waals surface area contributed by atoms with Crippen molar-refractivity contribution in [2.24, 2.45) is 5.14 Å². The number of primary sulfonamides is 1. The van der Waals surface area contributed by atoms with Gasteiger partial charge in [0.25, 0.3) is 0 Å². The summed E-state index contributed by atoms with van der Waals surface area (Å²) in [5.41, 5.74) is 1.83. The molecule has 1 heterocycles. The molecule has 0 saturated carbocycles. The second-order valence-electron chi connectivity index (χ2n) is 3.82. The predicted octanol–water partition coefficient (Wildman–Crippen LogP) is 1.01. The normalized spacial score (nSPS) is 11.5. The van der Waals surface area contributed by atoms with Crippen LogP contribution in [0.4, 0.5) is 0 Å². The highest BCUT2D eigenvalue weighted by Crippen LogP contribution is 2.17. The molecule has 0 spiro atoms. The lowest BCUT2D eigenvalue weighted by molar-refractivity contribution is 0.313. The minimum Gasteiger partial charge on any atom is -0.492 e. The van der Waals surface area contributed by atoms with Crippen LogP contribution in [0.1, 0.15) is 24.7 Å². The van der Waals surface area contributed by atoms with Gasteiger partial charge in [0.15, 0.2) is 0 Å². The third-order valence-corrected chi connectivity index (χ3v) is 3.10. The molecule has 1 aromatic heterocycles. The minimum absolute atomic E-state index is 0.0618. The molecule has 1 rings (SSSR count). The van der Waals surface area contributed by atoms with Gasteiger partial charge in [0.1, 0.15) is 5.75 Å². The van der Waals surface area contributed by atoms with Gasteiger partial charge in [0.05, 0.1) is 18.1 Å². The fourth-order valence-corrected chi connectivity index (χ4v) is 1.94. The van der Waals surface area contributed by atoms with Gasteiger partial charge in [-0.3, -0.25) is 4.98 Å². The lowest BCUT2D eigenvalue weighted by Gasteiger charge is -2.09. The number of hydrogen-bond acceptors (Lipinski definition) is 4. The number of ether oxygens (including phenoxy) is 1. The van der Waals surface area contributed by atoms with Gasteiger partial charge in [-0.25, -0.2) is 13.6 Å². The maximum atomic E-state index is 10.7. The highest BCUT2D eigenvalue weighted by atomic mass is 32.2. The highest BCUT2D eigenvalue weighted by Gasteiger charge is 2.05. The Morgan fingerprint density at radius 1 is 1.41 bits per heavy atom. The Hall–Kier alpha value is -1.14. The fourth-order valence-electron chi connectivity index (χ4n) is 1.42. The van der Waals surface area contributed by atoms with Gasteiger partial charge >= 0.3 is 0 Å². The summed E-state index contributed by atoms with van der Waals surface area (Å²) >= 11 is 0. The number of aromatic nitrogens is 1. The Balaban J connectivity index is 2.52. The molecule has 17 heavy (non-hydrogen) atoms. The molecule has 1 aromatic rings. The van der Waals surface area contributed by atoms with Crippen molar-refractivity contribution >= 4 is 10.0 Å². The van der Waals surface area contributed by atoms with Gasteiger partial charge in [-0.05, 0) is 31.9 Å². The summed E-state index contributed by atoms with van der Waals surface area (Å²) < 4.78 is 26.9. The van der Waals surface area contributed by atoms with Crippen molar-refractivity contribution in [3.05, 3.63) is 23.5 Å². The lowest BCUT2D eigenvalue weighted by Crippen LogP contribution is -2.18. The van der Waals surface area contributed by atoms with Gasteiger partial charge in [-0.2, -0.15) is 0 Å². The first-order valence-corrected chi connectivity index (χ1v) is 7.23. The van der Waals surface area contributed by atoms with E-state index in [9.17, 15) is 8.42 Å². The Labute approximate surface area is 102 Å². The maximum Gasteiger partial charge on any atom is 0.209 e. The van der Waals surface area contributed by atoms with Gasteiger partial charge in [-0.15, -0.1) is 0 Å². The molecule has 5 nitrogen and oxygen atoms in total. The van der Waals surface area contributed by atoms with Crippen molar-refractivity contribution in [2.45, 2.75) is 26.7 Å². The van der Waals surface area contributed by atoms with Crippen LogP contribution in [0.3, 0.4) is 0 Å². The van der Waals surface area contributed by atoms with E-state index >= 15 is 0 Å². The van der Waals surface area contributed by atoms with Crippen LogP contribution in [-0.4, -0.2) is 25.8 Å². The number of sulfonamides is 1. The standard InChI is InChI=1S/C11H18N2O3S/c1-3-10-11(6-5-9(2)13-10)16-7-4-8-17(12,14)15/h5-6H,3-4,7-8H2,1-2H3,(H2,12,14,15). The molecule has 6 heteroatoms. The quantitative estimate of drug-likeness (QED) is 0.772. The van der Waals surface area contributed by atoms with Gasteiger partial charge < -0.3 is 4.74 Å². The zero-order valence-electron chi connectivity index (χ0n) is 10.1. The Morgan fingerprint density at radius 3 is 2.71 bits per heavy atom. The zero-order chi connectivity index (χ0) is 12.9. The highest BCUT2D eigenvalue weighted by molar-refractivity contribution is 7.89. The molecule has 96 valence electrons. The first-order valence-electron chi connectivity index (χ1n) is 5.52. The van der Waals surface area contributed by atoms with E-state index in [1.807, 2.05) is 26.0 Å². The summed E-state index contributed by atoms with van der Waals surface area (Å²) in [5.74, 6) is 0.654. The molecule has 0 bridgehead atoms. The van der Waals surface area contributed by atoms with E-state index in [1.165, 1.54) is 0 Å². The summed E-state index contributed by atoms with van der Waals surface area (Å²) in [5, 5.41) is 4.90. The topological polar surface area (TPSA) is 82.3 Å². The third kappa shape index (κ3) is 5.14. The molecular formula is C11H18N2O3S. The van der Waals surface area contributed by atoms with Crippen molar-refractivity contribution in [2.75, 3.05) is 12.4 Å². The van der Waals surface area contributed by atoms with E-state index in [-0.39, 0.29) is 5.75 Å². The van der Waals surface area contributed by atoms with Gasteiger partial charge in [-0.1, -0.05) is 6.92 Å². The Morgan fingerprint density at radius 2 is 2.12 bits per heavy atom. The summed E-state index contributed by atoms with van der Waals surface area (Å²) in [6.45, 7) is 4.25. The summed E-state index contributed by atoms with van der Waals surface area (Å²) in [6, 6.07) is 3.73. The fraction of sp³-hybridized carbons (Fsp3) is 0.545. The number of aryl methyl sites for hydroxylation is 2. The number of pyridine rings is 1. The first kappa shape index (κ1) is 13.9. The van der Waals surface area contributed by atoms with Crippen LogP contribution in [0.5, 0.6) is 5.75 Å². The number of hydrogen-bond donors (Lipinski definition) is 1. The summed E-state index contributed by atoms with van der Waals surface area (Å²) in [4.78, 5) is 4.35. The van der Waals surface area contributed by atoms with E-state index in [0.29, 0.717) is 18.8 Å². The molecule has 0 aliphatic carbocycles. The first-order chi connectivity index (χ1) is 7.92. The average molecular weight is 258 g/mol. The van der Waals surface area contributed by atoms with Crippen molar-refractivity contribution in [1.82, 2.24) is 4.98 Å². The molecular weight excluding hydrogens is 240 g/mol. The summed E-state index contributed by atoms with van der Waals surface area (Å²) in [6.07, 6.45) is 1.17. The molecule has 2 N–H and O–H groups in total. The van der Waals surface area contributed by atoms with E-state index in [0.717, 1.165) is 17.8 Å². The van der Waals surface area contributed by atoms with Crippen molar-refractivity contribution < 1.29 is 13.2 Å². The molecule has 0 aliphatic heterocycles. The van der Waals surface area contributed by atoms with Crippen LogP contribution in [-0.2, 0) is 16.4 Å². The van der Waals surface area contributed by atoms with Gasteiger partial charge in [0, 0.05) is 5.69 Å². The Kier molecular flexibility index (Phi) is 4.89. The largest absolute Gasteiger partial charge is 0.492 e. The van der Waals surface area contributed by atoms with E-state index in [2.05, 4.69) is 4.98 Å². The molecule has 0 radical (unpaired) electrons. The summed E-state index contributed by atoms with van der Waals surface area (Å²) in [7, 11) is -3.40. The second kappa shape index (κ2) is 5.97. The molecule has 0 aromatic carbocycles. The van der Waals surface area contributed by atoms with Crippen LogP contribution >= 0.6 is 0 Å². The van der Waals surface area contributed by atoms with Crippen molar-refractivity contribution in [3.63, 3.8) is 0 Å². The minimum atomic E-state index is -3.40. The van der Waals surface area contributed by atoms with Crippen molar-refractivity contribution in [3.8, 4) is 5.75 Å². The average Bonchev–Trinajstić information content (AvgIpc) is 2.24. The molecule has 0 aliphatic rings. The smallest absolute Gasteiger partial charge is 0.209 e. The number of nitrogens with zero attached hydrogens (tertiary/aromatic N) is 1. The number of rotatable bonds is 6.